The molecular weight excluding hydrogens is 478 g/mol. The Morgan fingerprint density at radius 1 is 0.895 bits per heavy atom. The van der Waals surface area contributed by atoms with E-state index in [9.17, 15) is 14.4 Å². The molecule has 2 aliphatic rings. The van der Waals surface area contributed by atoms with Crippen molar-refractivity contribution in [1.82, 2.24) is 4.90 Å². The molecule has 38 heavy (non-hydrogen) atoms. The second kappa shape index (κ2) is 9.27. The summed E-state index contributed by atoms with van der Waals surface area (Å²) >= 11 is 0. The van der Waals surface area contributed by atoms with Crippen LogP contribution in [0.4, 0.5) is 10.5 Å². The van der Waals surface area contributed by atoms with Crippen molar-refractivity contribution in [1.29, 1.82) is 0 Å². The molecule has 2 heterocycles. The largest absolute Gasteiger partial charge is 0.449 e. The molecule has 0 radical (unpaired) electrons. The summed E-state index contributed by atoms with van der Waals surface area (Å²) in [5.74, 6) is -1.63. The van der Waals surface area contributed by atoms with E-state index in [2.05, 4.69) is 0 Å². The highest BCUT2D eigenvalue weighted by Gasteiger charge is 2.68. The molecule has 4 aromatic rings. The molecule has 0 aromatic heterocycles. The molecule has 2 atom stereocenters. The molecule has 0 N–H and O–H groups in total. The zero-order chi connectivity index (χ0) is 26.3. The number of carbonyl (C=O) groups excluding carboxylic acids is 3. The van der Waals surface area contributed by atoms with Crippen LogP contribution in [-0.4, -0.2) is 40.7 Å². The Kier molecular flexibility index (Phi) is 5.76. The first-order chi connectivity index (χ1) is 18.6. The molecular formula is C31H25N3O4. The van der Waals surface area contributed by atoms with Gasteiger partial charge in [0.05, 0.1) is 12.3 Å². The minimum atomic E-state index is -1.72. The van der Waals surface area contributed by atoms with Crippen LogP contribution in [0.25, 0.3) is 10.8 Å². The summed E-state index contributed by atoms with van der Waals surface area (Å²) in [5, 5.41) is 8.13. The average Bonchev–Trinajstić information content (AvgIpc) is 3.43. The number of para-hydroxylation sites is 1. The predicted molar refractivity (Wildman–Crippen MR) is 145 cm³/mol. The Morgan fingerprint density at radius 3 is 2.26 bits per heavy atom. The van der Waals surface area contributed by atoms with E-state index < -0.39 is 29.4 Å². The van der Waals surface area contributed by atoms with Crippen molar-refractivity contribution in [3.05, 3.63) is 114 Å². The number of hydrogen-bond acceptors (Lipinski definition) is 5. The van der Waals surface area contributed by atoms with Gasteiger partial charge in [0.2, 0.25) is 5.91 Å². The number of likely N-dealkylation sites (tertiary alicyclic amines) is 1. The van der Waals surface area contributed by atoms with E-state index in [1.54, 1.807) is 19.1 Å². The summed E-state index contributed by atoms with van der Waals surface area (Å²) in [4.78, 5) is 42.7. The van der Waals surface area contributed by atoms with E-state index in [1.807, 2.05) is 91.0 Å². The van der Waals surface area contributed by atoms with Gasteiger partial charge in [0.15, 0.2) is 5.54 Å². The number of carbonyl (C=O) groups is 3. The van der Waals surface area contributed by atoms with Crippen molar-refractivity contribution in [3.8, 4) is 0 Å². The molecule has 188 valence electrons. The first-order valence-corrected chi connectivity index (χ1v) is 12.6. The van der Waals surface area contributed by atoms with Gasteiger partial charge in [-0.05, 0) is 35.4 Å². The van der Waals surface area contributed by atoms with E-state index in [0.717, 1.165) is 21.2 Å². The number of anilines is 1. The smallest absolute Gasteiger partial charge is 0.417 e. The van der Waals surface area contributed by atoms with Crippen LogP contribution < -0.4 is 5.01 Å². The highest BCUT2D eigenvalue weighted by Crippen LogP contribution is 2.50. The minimum Gasteiger partial charge on any atom is -0.449 e. The number of rotatable bonds is 4. The monoisotopic (exact) mass is 503 g/mol. The molecule has 1 saturated heterocycles. The molecule has 1 fully saturated rings. The van der Waals surface area contributed by atoms with Crippen LogP contribution in [0.15, 0.2) is 108 Å². The van der Waals surface area contributed by atoms with Crippen molar-refractivity contribution in [3.63, 3.8) is 0 Å². The quantitative estimate of drug-likeness (QED) is 0.368. The number of fused-ring (bicyclic) bond motifs is 1. The molecule has 3 amide bonds. The summed E-state index contributed by atoms with van der Waals surface area (Å²) in [5.41, 5.74) is 0.584. The van der Waals surface area contributed by atoms with E-state index in [1.165, 1.54) is 5.01 Å². The maximum Gasteiger partial charge on any atom is 0.417 e. The molecule has 4 aromatic carbocycles. The van der Waals surface area contributed by atoms with E-state index in [4.69, 9.17) is 9.84 Å². The molecule has 7 nitrogen and oxygen atoms in total. The first-order valence-electron chi connectivity index (χ1n) is 12.6. The number of amides is 3. The van der Waals surface area contributed by atoms with Gasteiger partial charge >= 0.3 is 6.09 Å². The summed E-state index contributed by atoms with van der Waals surface area (Å²) in [7, 11) is 0. The molecule has 1 spiro atoms. The van der Waals surface area contributed by atoms with Crippen molar-refractivity contribution in [2.75, 3.05) is 11.6 Å². The maximum atomic E-state index is 14.6. The fourth-order valence-electron chi connectivity index (χ4n) is 5.60. The first kappa shape index (κ1) is 23.6. The third-order valence-electron chi connectivity index (χ3n) is 7.24. The molecule has 0 unspecified atom stereocenters. The molecule has 6 rings (SSSR count). The SMILES string of the molecule is CCOC(=O)N1C(=O)C[C@@H](c2ccc3ccccc3c2)[C@@]12C(=O)N(c1ccccc1)N=C2c1ccccc1. The molecule has 7 heteroatoms. The van der Waals surface area contributed by atoms with Gasteiger partial charge in [0, 0.05) is 17.9 Å². The van der Waals surface area contributed by atoms with Gasteiger partial charge in [-0.2, -0.15) is 10.1 Å². The number of ether oxygens (including phenoxy) is 1. The van der Waals surface area contributed by atoms with Gasteiger partial charge in [0.25, 0.3) is 5.91 Å². The van der Waals surface area contributed by atoms with Crippen molar-refractivity contribution in [2.45, 2.75) is 24.8 Å². The Morgan fingerprint density at radius 2 is 1.55 bits per heavy atom. The third kappa shape index (κ3) is 3.50. The van der Waals surface area contributed by atoms with Gasteiger partial charge in [-0.1, -0.05) is 91.0 Å². The molecule has 2 aliphatic heterocycles. The number of benzene rings is 4. The van der Waals surface area contributed by atoms with Crippen LogP contribution in [0.2, 0.25) is 0 Å². The van der Waals surface area contributed by atoms with Gasteiger partial charge in [-0.15, -0.1) is 0 Å². The van der Waals surface area contributed by atoms with Gasteiger partial charge in [-0.3, -0.25) is 9.59 Å². The molecule has 0 bridgehead atoms. The Labute approximate surface area is 219 Å². The lowest BCUT2D eigenvalue weighted by Gasteiger charge is -2.36. The number of nitrogens with zero attached hydrogens (tertiary/aromatic N) is 3. The summed E-state index contributed by atoms with van der Waals surface area (Å²) in [6, 6.07) is 32.1. The lowest BCUT2D eigenvalue weighted by Crippen LogP contribution is -2.62. The highest BCUT2D eigenvalue weighted by molar-refractivity contribution is 6.33. The van der Waals surface area contributed by atoms with E-state index in [-0.39, 0.29) is 13.0 Å². The molecule has 0 saturated carbocycles. The highest BCUT2D eigenvalue weighted by atomic mass is 16.6. The van der Waals surface area contributed by atoms with Crippen LogP contribution in [0, 0.1) is 0 Å². The van der Waals surface area contributed by atoms with Gasteiger partial charge in [-0.25, -0.2) is 9.69 Å². The van der Waals surface area contributed by atoms with Gasteiger partial charge in [0.1, 0.15) is 5.71 Å². The fraction of sp³-hybridized carbons (Fsp3) is 0.161. The third-order valence-corrected chi connectivity index (χ3v) is 7.24. The minimum absolute atomic E-state index is 0.0443. The van der Waals surface area contributed by atoms with Crippen LogP contribution >= 0.6 is 0 Å². The predicted octanol–water partition coefficient (Wildman–Crippen LogP) is 5.50. The Bertz CT molecular complexity index is 1580. The second-order valence-electron chi connectivity index (χ2n) is 9.32. The van der Waals surface area contributed by atoms with Crippen LogP contribution in [0.3, 0.4) is 0 Å². The maximum absolute atomic E-state index is 14.6. The van der Waals surface area contributed by atoms with E-state index >= 15 is 0 Å². The van der Waals surface area contributed by atoms with Crippen LogP contribution in [0.1, 0.15) is 30.4 Å². The fourth-order valence-corrected chi connectivity index (χ4v) is 5.60. The van der Waals surface area contributed by atoms with Crippen molar-refractivity contribution >= 4 is 40.1 Å². The summed E-state index contributed by atoms with van der Waals surface area (Å²) in [6.07, 6.45) is -0.898. The van der Waals surface area contributed by atoms with E-state index in [0.29, 0.717) is 17.0 Å². The Hall–Kier alpha value is -4.78. The lowest BCUT2D eigenvalue weighted by atomic mass is 9.74. The zero-order valence-corrected chi connectivity index (χ0v) is 20.8. The van der Waals surface area contributed by atoms with Crippen LogP contribution in [0.5, 0.6) is 0 Å². The summed E-state index contributed by atoms with van der Waals surface area (Å²) in [6.45, 7) is 1.73. The standard InChI is InChI=1S/C31H25N3O4/c1-2-38-30(37)33-27(35)20-26(24-18-17-21-11-9-10-14-23(21)19-24)31(33)28(22-12-5-3-6-13-22)32-34(29(31)36)25-15-7-4-8-16-25/h3-19,26H,2,20H2,1H3/t26-,31+/m0/s1. The Balaban J connectivity index is 1.63. The molecule has 0 aliphatic carbocycles. The number of hydrogen-bond donors (Lipinski definition) is 0. The number of imide groups is 1. The van der Waals surface area contributed by atoms with Crippen molar-refractivity contribution < 1.29 is 19.1 Å². The number of hydrazone groups is 1. The zero-order valence-electron chi connectivity index (χ0n) is 20.8. The summed E-state index contributed by atoms with van der Waals surface area (Å²) < 4.78 is 5.35. The normalized spacial score (nSPS) is 20.9. The second-order valence-corrected chi connectivity index (χ2v) is 9.32. The topological polar surface area (TPSA) is 79.3 Å². The average molecular weight is 504 g/mol. The van der Waals surface area contributed by atoms with Crippen LogP contribution in [-0.2, 0) is 14.3 Å². The lowest BCUT2D eigenvalue weighted by molar-refractivity contribution is -0.134. The van der Waals surface area contributed by atoms with Gasteiger partial charge < -0.3 is 4.74 Å². The van der Waals surface area contributed by atoms with Crippen molar-refractivity contribution in [2.24, 2.45) is 5.10 Å².